The Morgan fingerprint density at radius 3 is 2.79 bits per heavy atom. The number of nitrogens with two attached hydrogens (primary N) is 1. The molecule has 5 heteroatoms. The Hall–Kier alpha value is -0.420. The second kappa shape index (κ2) is 5.46. The van der Waals surface area contributed by atoms with E-state index < -0.39 is 10.8 Å². The summed E-state index contributed by atoms with van der Waals surface area (Å²) in [5.41, 5.74) is 5.35. The fourth-order valence-electron chi connectivity index (χ4n) is 1.13. The molecule has 0 heterocycles. The van der Waals surface area contributed by atoms with Crippen LogP contribution in [0.2, 0.25) is 0 Å². The predicted molar refractivity (Wildman–Crippen MR) is 57.3 cm³/mol. The zero-order chi connectivity index (χ0) is 10.6. The van der Waals surface area contributed by atoms with Crippen molar-refractivity contribution in [1.29, 1.82) is 0 Å². The van der Waals surface area contributed by atoms with Crippen LogP contribution in [0.4, 0.5) is 0 Å². The Labute approximate surface area is 87.1 Å². The lowest BCUT2D eigenvalue weighted by Crippen LogP contribution is -2.32. The number of hydrogen-bond donors (Lipinski definition) is 2. The largest absolute Gasteiger partial charge is 0.353 e. The fourth-order valence-corrected chi connectivity index (χ4v) is 2.16. The van der Waals surface area contributed by atoms with E-state index in [1.54, 1.807) is 0 Å². The van der Waals surface area contributed by atoms with E-state index in [1.165, 1.54) is 0 Å². The summed E-state index contributed by atoms with van der Waals surface area (Å²) in [6, 6.07) is 0.351. The van der Waals surface area contributed by atoms with E-state index in [0.29, 0.717) is 19.0 Å². The van der Waals surface area contributed by atoms with Crippen molar-refractivity contribution in [3.8, 4) is 0 Å². The van der Waals surface area contributed by atoms with Crippen molar-refractivity contribution in [1.82, 2.24) is 5.32 Å². The fraction of sp³-hybridized carbons (Fsp3) is 0.889. The van der Waals surface area contributed by atoms with Crippen LogP contribution in [0, 0.1) is 0 Å². The molecule has 1 amide bonds. The first kappa shape index (κ1) is 11.7. The van der Waals surface area contributed by atoms with Crippen LogP contribution in [0.5, 0.6) is 0 Å². The van der Waals surface area contributed by atoms with Crippen molar-refractivity contribution in [3.63, 3.8) is 0 Å². The van der Waals surface area contributed by atoms with Gasteiger partial charge in [0.15, 0.2) is 0 Å². The van der Waals surface area contributed by atoms with Crippen LogP contribution in [0.25, 0.3) is 0 Å². The molecule has 2 atom stereocenters. The number of amides is 1. The molecule has 1 aliphatic rings. The van der Waals surface area contributed by atoms with Crippen molar-refractivity contribution in [2.24, 2.45) is 5.73 Å². The molecule has 3 N–H and O–H groups in total. The lowest BCUT2D eigenvalue weighted by atomic mass is 10.3. The number of carbonyl (C=O) groups excluding carboxylic acids is 1. The Morgan fingerprint density at radius 1 is 1.64 bits per heavy atom. The molecule has 0 aromatic carbocycles. The molecule has 1 aliphatic carbocycles. The highest BCUT2D eigenvalue weighted by Gasteiger charge is 2.24. The van der Waals surface area contributed by atoms with Gasteiger partial charge in [0.1, 0.15) is 5.75 Å². The van der Waals surface area contributed by atoms with E-state index in [0.717, 1.165) is 12.8 Å². The first-order valence-corrected chi connectivity index (χ1v) is 6.38. The zero-order valence-electron chi connectivity index (χ0n) is 8.49. The Kier molecular flexibility index (Phi) is 4.54. The first-order valence-electron chi connectivity index (χ1n) is 5.00. The molecular formula is C9H18N2O2S. The molecule has 1 fully saturated rings. The van der Waals surface area contributed by atoms with Crippen molar-refractivity contribution < 1.29 is 9.00 Å². The van der Waals surface area contributed by atoms with Crippen molar-refractivity contribution in [3.05, 3.63) is 0 Å². The monoisotopic (exact) mass is 218 g/mol. The van der Waals surface area contributed by atoms with Gasteiger partial charge in [-0.15, -0.1) is 0 Å². The second-order valence-electron chi connectivity index (χ2n) is 3.75. The maximum absolute atomic E-state index is 11.5. The highest BCUT2D eigenvalue weighted by molar-refractivity contribution is 7.86. The van der Waals surface area contributed by atoms with Gasteiger partial charge in [0, 0.05) is 22.1 Å². The van der Waals surface area contributed by atoms with E-state index in [1.807, 2.05) is 6.92 Å². The Balaban J connectivity index is 2.20. The minimum absolute atomic E-state index is 0.0185. The number of hydrogen-bond acceptors (Lipinski definition) is 3. The average molecular weight is 218 g/mol. The van der Waals surface area contributed by atoms with E-state index in [2.05, 4.69) is 5.32 Å². The summed E-state index contributed by atoms with van der Waals surface area (Å²) in [4.78, 5) is 11.3. The molecule has 4 nitrogen and oxygen atoms in total. The van der Waals surface area contributed by atoms with Gasteiger partial charge in [-0.2, -0.15) is 0 Å². The van der Waals surface area contributed by atoms with E-state index in [4.69, 9.17) is 5.73 Å². The molecule has 2 unspecified atom stereocenters. The highest BCUT2D eigenvalue weighted by atomic mass is 32.2. The Bertz CT molecular complexity index is 229. The maximum atomic E-state index is 11.5. The molecule has 0 spiro atoms. The summed E-state index contributed by atoms with van der Waals surface area (Å²) in [7, 11) is -1.08. The van der Waals surface area contributed by atoms with Crippen LogP contribution in [-0.2, 0) is 15.6 Å². The third-order valence-corrected chi connectivity index (χ3v) is 3.92. The SMILES string of the molecule is CC(CCN)S(=O)CC(=O)NC1CC1. The van der Waals surface area contributed by atoms with Crippen molar-refractivity contribution in [2.75, 3.05) is 12.3 Å². The van der Waals surface area contributed by atoms with Gasteiger partial charge in [-0.25, -0.2) is 0 Å². The summed E-state index contributed by atoms with van der Waals surface area (Å²) in [5.74, 6) is 0.0344. The molecule has 0 aromatic heterocycles. The van der Waals surface area contributed by atoms with Crippen LogP contribution in [0.15, 0.2) is 0 Å². The van der Waals surface area contributed by atoms with Crippen LogP contribution in [0.3, 0.4) is 0 Å². The molecule has 82 valence electrons. The van der Waals surface area contributed by atoms with E-state index in [9.17, 15) is 9.00 Å². The molecule has 1 saturated carbocycles. The molecule has 0 radical (unpaired) electrons. The van der Waals surface area contributed by atoms with E-state index >= 15 is 0 Å². The van der Waals surface area contributed by atoms with Crippen molar-refractivity contribution in [2.45, 2.75) is 37.5 Å². The van der Waals surface area contributed by atoms with Gasteiger partial charge in [0.2, 0.25) is 5.91 Å². The number of rotatable bonds is 6. The molecule has 0 aliphatic heterocycles. The van der Waals surface area contributed by atoms with Crippen LogP contribution >= 0.6 is 0 Å². The summed E-state index contributed by atoms with van der Waals surface area (Å²) in [6.07, 6.45) is 2.84. The topological polar surface area (TPSA) is 72.2 Å². The minimum atomic E-state index is -1.08. The van der Waals surface area contributed by atoms with Gasteiger partial charge in [-0.3, -0.25) is 9.00 Å². The van der Waals surface area contributed by atoms with Crippen LogP contribution < -0.4 is 11.1 Å². The molecule has 0 bridgehead atoms. The maximum Gasteiger partial charge on any atom is 0.232 e. The predicted octanol–water partition coefficient (Wildman–Crippen LogP) is -0.249. The summed E-state index contributed by atoms with van der Waals surface area (Å²) >= 11 is 0. The van der Waals surface area contributed by atoms with Gasteiger partial charge >= 0.3 is 0 Å². The summed E-state index contributed by atoms with van der Waals surface area (Å²) in [6.45, 7) is 2.39. The molecule has 0 saturated heterocycles. The zero-order valence-corrected chi connectivity index (χ0v) is 9.31. The molecule has 14 heavy (non-hydrogen) atoms. The van der Waals surface area contributed by atoms with Gasteiger partial charge < -0.3 is 11.1 Å². The number of nitrogens with one attached hydrogen (secondary N) is 1. The standard InChI is InChI=1S/C9H18N2O2S/c1-7(4-5-10)14(13)6-9(12)11-8-2-3-8/h7-8H,2-6,10H2,1H3,(H,11,12). The normalized spacial score (nSPS) is 20.1. The number of carbonyl (C=O) groups is 1. The lowest BCUT2D eigenvalue weighted by molar-refractivity contribution is -0.118. The summed E-state index contributed by atoms with van der Waals surface area (Å²) < 4.78 is 11.5. The second-order valence-corrected chi connectivity index (χ2v) is 5.61. The van der Waals surface area contributed by atoms with Gasteiger partial charge in [-0.05, 0) is 25.8 Å². The average Bonchev–Trinajstić information content (AvgIpc) is 2.88. The van der Waals surface area contributed by atoms with Gasteiger partial charge in [0.25, 0.3) is 0 Å². The minimum Gasteiger partial charge on any atom is -0.353 e. The smallest absolute Gasteiger partial charge is 0.232 e. The first-order chi connectivity index (χ1) is 6.63. The van der Waals surface area contributed by atoms with Crippen molar-refractivity contribution >= 4 is 16.7 Å². The Morgan fingerprint density at radius 2 is 2.29 bits per heavy atom. The van der Waals surface area contributed by atoms with Gasteiger partial charge in [-0.1, -0.05) is 6.92 Å². The summed E-state index contributed by atoms with van der Waals surface area (Å²) in [5, 5.41) is 2.84. The quantitative estimate of drug-likeness (QED) is 0.646. The van der Waals surface area contributed by atoms with Crippen LogP contribution in [0.1, 0.15) is 26.2 Å². The highest BCUT2D eigenvalue weighted by Crippen LogP contribution is 2.18. The van der Waals surface area contributed by atoms with E-state index in [-0.39, 0.29) is 16.9 Å². The third kappa shape index (κ3) is 4.19. The van der Waals surface area contributed by atoms with Crippen LogP contribution in [-0.4, -0.2) is 33.7 Å². The molecular weight excluding hydrogens is 200 g/mol. The molecule has 0 aromatic rings. The van der Waals surface area contributed by atoms with Gasteiger partial charge in [0.05, 0.1) is 0 Å². The third-order valence-electron chi connectivity index (χ3n) is 2.24. The lowest BCUT2D eigenvalue weighted by Gasteiger charge is -2.09. The molecule has 1 rings (SSSR count).